The number of fused-ring (bicyclic) bond motifs is 14. The number of alkyl halides is 1. The van der Waals surface area contributed by atoms with Crippen LogP contribution in [0.3, 0.4) is 0 Å². The zero-order chi connectivity index (χ0) is 13.6. The molecule has 0 aromatic rings. The lowest BCUT2D eigenvalue weighted by Gasteiger charge is -2.72. The van der Waals surface area contributed by atoms with Crippen molar-refractivity contribution in [2.45, 2.75) is 49.2 Å². The molecular formula is C18H23IN2. The van der Waals surface area contributed by atoms with Gasteiger partial charge in [-0.2, -0.15) is 0 Å². The summed E-state index contributed by atoms with van der Waals surface area (Å²) in [4.78, 5) is 2.91. The van der Waals surface area contributed by atoms with Crippen LogP contribution in [-0.2, 0) is 0 Å². The van der Waals surface area contributed by atoms with Gasteiger partial charge >= 0.3 is 0 Å². The molecular weight excluding hydrogens is 371 g/mol. The Labute approximate surface area is 136 Å². The predicted octanol–water partition coefficient (Wildman–Crippen LogP) is 2.91. The normalized spacial score (nSPS) is 63.9. The third kappa shape index (κ3) is 0.980. The van der Waals surface area contributed by atoms with Crippen LogP contribution < -0.4 is 5.32 Å². The fourth-order valence-corrected chi connectivity index (χ4v) is 11.7. The van der Waals surface area contributed by atoms with Crippen LogP contribution in [0.25, 0.3) is 0 Å². The molecule has 3 heteroatoms. The summed E-state index contributed by atoms with van der Waals surface area (Å²) in [5.74, 6) is 7.15. The summed E-state index contributed by atoms with van der Waals surface area (Å²) in [5, 5.41) is 4.01. The summed E-state index contributed by atoms with van der Waals surface area (Å²) in [7, 11) is 0. The van der Waals surface area contributed by atoms with Crippen molar-refractivity contribution in [2.75, 3.05) is 0 Å². The summed E-state index contributed by atoms with van der Waals surface area (Å²) in [6.45, 7) is 4.94. The van der Waals surface area contributed by atoms with E-state index in [1.54, 1.807) is 5.70 Å². The second-order valence-corrected chi connectivity index (χ2v) is 12.6. The molecule has 0 radical (unpaired) electrons. The van der Waals surface area contributed by atoms with Crippen LogP contribution in [0.5, 0.6) is 0 Å². The van der Waals surface area contributed by atoms with Crippen LogP contribution in [0.1, 0.15) is 33.1 Å². The number of hydrogen-bond donors (Lipinski definition) is 1. The number of piperidine rings is 1. The fraction of sp³-hybridized carbons (Fsp3) is 0.833. The van der Waals surface area contributed by atoms with Crippen LogP contribution in [0.2, 0.25) is 0 Å². The van der Waals surface area contributed by atoms with Crippen molar-refractivity contribution >= 4 is 24.2 Å². The van der Waals surface area contributed by atoms with Gasteiger partial charge in [0.2, 0.25) is 0 Å². The zero-order valence-corrected chi connectivity index (χ0v) is 14.9. The van der Waals surface area contributed by atoms with Crippen LogP contribution in [-0.4, -0.2) is 24.5 Å². The van der Waals surface area contributed by atoms with Crippen LogP contribution >= 0.6 is 20.7 Å². The Morgan fingerprint density at radius 3 is 2.90 bits per heavy atom. The second-order valence-electron chi connectivity index (χ2n) is 8.83. The van der Waals surface area contributed by atoms with E-state index in [9.17, 15) is 0 Å². The maximum absolute atomic E-state index is 4.01. The van der Waals surface area contributed by atoms with Crippen LogP contribution in [0.15, 0.2) is 11.4 Å². The molecule has 3 heterocycles. The Morgan fingerprint density at radius 2 is 2.05 bits per heavy atom. The number of nitrogens with one attached hydrogen (secondary N) is 1. The van der Waals surface area contributed by atoms with E-state index in [-0.39, 0.29) is 0 Å². The molecule has 3 saturated carbocycles. The maximum atomic E-state index is 4.01. The summed E-state index contributed by atoms with van der Waals surface area (Å²) in [6, 6.07) is 0.998. The molecule has 0 amide bonds. The quantitative estimate of drug-likeness (QED) is 0.502. The third-order valence-electron chi connectivity index (χ3n) is 8.25. The largest absolute Gasteiger partial charge is 0.367 e. The highest BCUT2D eigenvalue weighted by Gasteiger charge is 2.76. The molecule has 10 atom stereocenters. The van der Waals surface area contributed by atoms with Gasteiger partial charge in [-0.05, 0) is 41.0 Å². The summed E-state index contributed by atoms with van der Waals surface area (Å²) in [6.07, 6.45) is 5.28. The van der Waals surface area contributed by atoms with Crippen molar-refractivity contribution in [1.82, 2.24) is 10.2 Å². The molecule has 0 aromatic heterocycles. The first-order valence-corrected chi connectivity index (χ1v) is 11.3. The van der Waals surface area contributed by atoms with E-state index < -0.39 is 0 Å². The Balaban J connectivity index is 1.23. The van der Waals surface area contributed by atoms with Crippen molar-refractivity contribution in [3.05, 3.63) is 11.4 Å². The number of hydrogen-bond acceptors (Lipinski definition) is 2. The molecule has 0 aromatic carbocycles. The summed E-state index contributed by atoms with van der Waals surface area (Å²) < 4.78 is 3.07. The molecule has 3 aliphatic heterocycles. The van der Waals surface area contributed by atoms with E-state index in [0.29, 0.717) is 20.7 Å². The Bertz CT molecular complexity index is 652. The van der Waals surface area contributed by atoms with E-state index in [1.807, 2.05) is 9.21 Å². The lowest BCUT2D eigenvalue weighted by atomic mass is 9.43. The maximum Gasteiger partial charge on any atom is 0.104 e. The highest BCUT2D eigenvalue weighted by Crippen LogP contribution is 2.73. The molecule has 112 valence electrons. The van der Waals surface area contributed by atoms with E-state index in [0.717, 1.165) is 57.6 Å². The Kier molecular flexibility index (Phi) is 1.77. The first kappa shape index (κ1) is 11.5. The van der Waals surface area contributed by atoms with E-state index >= 15 is 0 Å². The van der Waals surface area contributed by atoms with Gasteiger partial charge in [-0.25, -0.2) is 0 Å². The molecule has 1 N–H and O–H groups in total. The van der Waals surface area contributed by atoms with Gasteiger partial charge in [-0.3, -0.25) is 0 Å². The van der Waals surface area contributed by atoms with Gasteiger partial charge in [-0.15, -0.1) is 20.7 Å². The summed E-state index contributed by atoms with van der Waals surface area (Å²) in [5.41, 5.74) is 3.58. The molecule has 4 aliphatic carbocycles. The van der Waals surface area contributed by atoms with Gasteiger partial charge in [0.25, 0.3) is 0 Å². The lowest BCUT2D eigenvalue weighted by Crippen LogP contribution is -2.82. The molecule has 21 heavy (non-hydrogen) atoms. The van der Waals surface area contributed by atoms with Gasteiger partial charge in [0, 0.05) is 45.0 Å². The minimum Gasteiger partial charge on any atom is -0.367 e. The highest BCUT2D eigenvalue weighted by atomic mass is 127. The SMILES string of the molecule is CC1=IC2C1[C@H]1C3NC4=C(C5C4[C@H]4CCC(C)C[C@@H]54)N3[C@@H]21. The minimum absolute atomic E-state index is 0.454. The molecule has 6 unspecified atom stereocenters. The molecule has 7 rings (SSSR count). The van der Waals surface area contributed by atoms with Crippen molar-refractivity contribution in [2.24, 2.45) is 41.4 Å². The fourth-order valence-electron chi connectivity index (χ4n) is 7.35. The van der Waals surface area contributed by atoms with Gasteiger partial charge in [0.15, 0.2) is 0 Å². The van der Waals surface area contributed by atoms with Crippen molar-refractivity contribution in [1.29, 1.82) is 0 Å². The minimum atomic E-state index is 0.454. The third-order valence-corrected chi connectivity index (χ3v) is 12.2. The molecule has 0 bridgehead atoms. The number of allylic oxidation sites excluding steroid dienone is 2. The van der Waals surface area contributed by atoms with E-state index in [1.165, 1.54) is 19.3 Å². The monoisotopic (exact) mass is 394 g/mol. The first-order chi connectivity index (χ1) is 10.3. The van der Waals surface area contributed by atoms with Crippen molar-refractivity contribution in [3.63, 3.8) is 0 Å². The lowest BCUT2D eigenvalue weighted by molar-refractivity contribution is -0.130. The van der Waals surface area contributed by atoms with E-state index in [2.05, 4.69) is 24.1 Å². The number of nitrogens with zero attached hydrogens (tertiary/aromatic N) is 1. The van der Waals surface area contributed by atoms with Gasteiger partial charge in [0.05, 0.1) is 0 Å². The molecule has 0 spiro atoms. The smallest absolute Gasteiger partial charge is 0.104 e. The molecule has 1 saturated heterocycles. The number of halogens is 1. The molecule has 2 nitrogen and oxygen atoms in total. The van der Waals surface area contributed by atoms with Gasteiger partial charge in [-0.1, -0.05) is 13.3 Å². The van der Waals surface area contributed by atoms with Crippen LogP contribution in [0, 0.1) is 41.4 Å². The molecule has 7 aliphatic rings. The zero-order valence-electron chi connectivity index (χ0n) is 12.7. The average Bonchev–Trinajstić information content (AvgIpc) is 2.66. The van der Waals surface area contributed by atoms with Crippen molar-refractivity contribution in [3.8, 4) is 0 Å². The standard InChI is InChI=1S/C18H23IN2/c1-6-3-4-8-9(5-6)12-11(8)15-17(12)21-16-13(18(21)20-15)10-7(2)19-14(10)16/h6,8-14,16,18,20H,3-5H2,1-2H3/t6?,8-,9+,10?,11?,12?,13+,14?,16+,18?/m0/s1. The van der Waals surface area contributed by atoms with Crippen LogP contribution in [0.4, 0.5) is 0 Å². The molecule has 4 fully saturated rings. The van der Waals surface area contributed by atoms with Gasteiger partial charge < -0.3 is 10.2 Å². The predicted molar refractivity (Wildman–Crippen MR) is 92.0 cm³/mol. The Morgan fingerprint density at radius 1 is 1.14 bits per heavy atom. The van der Waals surface area contributed by atoms with Crippen molar-refractivity contribution < 1.29 is 0 Å². The second kappa shape index (κ2) is 3.25. The average molecular weight is 394 g/mol. The van der Waals surface area contributed by atoms with Gasteiger partial charge in [0.1, 0.15) is 6.17 Å². The summed E-state index contributed by atoms with van der Waals surface area (Å²) >= 11 is 0.454. The number of rotatable bonds is 0. The van der Waals surface area contributed by atoms with E-state index in [4.69, 9.17) is 0 Å². The highest BCUT2D eigenvalue weighted by molar-refractivity contribution is 14.2. The topological polar surface area (TPSA) is 15.3 Å². The first-order valence-electron chi connectivity index (χ1n) is 9.01. The Hall–Kier alpha value is -0.0600.